The summed E-state index contributed by atoms with van der Waals surface area (Å²) in [5.74, 6) is 2.04. The predicted octanol–water partition coefficient (Wildman–Crippen LogP) is 4.71. The molecule has 1 fully saturated rings. The number of benzene rings is 1. The first-order chi connectivity index (χ1) is 11.3. The van der Waals surface area contributed by atoms with Gasteiger partial charge < -0.3 is 9.73 Å². The van der Waals surface area contributed by atoms with Crippen LogP contribution in [-0.4, -0.2) is 21.2 Å². The summed E-state index contributed by atoms with van der Waals surface area (Å²) < 4.78 is 6.69. The Balaban J connectivity index is 1.37. The van der Waals surface area contributed by atoms with Crippen molar-refractivity contribution in [1.82, 2.24) is 15.2 Å². The van der Waals surface area contributed by atoms with Crippen molar-refractivity contribution in [3.05, 3.63) is 41.4 Å². The van der Waals surface area contributed by atoms with E-state index >= 15 is 0 Å². The standard InChI is InChI=1S/C15H13ClN4OS2/c16-10-3-1-9(2-4-10)12-7-17-13(21-12)8-22-15-20-19-14(23-15)18-11-5-6-11/h1-4,7,11H,5-6,8H2,(H,18,19). The molecule has 0 spiro atoms. The lowest BCUT2D eigenvalue weighted by Gasteiger charge is -1.96. The van der Waals surface area contributed by atoms with Crippen LogP contribution in [0.1, 0.15) is 18.7 Å². The summed E-state index contributed by atoms with van der Waals surface area (Å²) in [6.07, 6.45) is 4.19. The van der Waals surface area contributed by atoms with Crippen LogP contribution in [0.2, 0.25) is 5.02 Å². The van der Waals surface area contributed by atoms with Crippen LogP contribution in [0.3, 0.4) is 0 Å². The third-order valence-electron chi connectivity index (χ3n) is 3.31. The van der Waals surface area contributed by atoms with E-state index < -0.39 is 0 Å². The second-order valence-corrected chi connectivity index (χ2v) is 7.84. The number of hydrogen-bond donors (Lipinski definition) is 1. The van der Waals surface area contributed by atoms with Crippen molar-refractivity contribution in [1.29, 1.82) is 0 Å². The number of hydrogen-bond acceptors (Lipinski definition) is 7. The lowest BCUT2D eigenvalue weighted by molar-refractivity contribution is 0.530. The summed E-state index contributed by atoms with van der Waals surface area (Å²) in [6.45, 7) is 0. The molecule has 8 heteroatoms. The second kappa shape index (κ2) is 6.51. The minimum Gasteiger partial charge on any atom is -0.440 e. The van der Waals surface area contributed by atoms with Crippen LogP contribution < -0.4 is 5.32 Å². The van der Waals surface area contributed by atoms with Gasteiger partial charge in [0.25, 0.3) is 0 Å². The summed E-state index contributed by atoms with van der Waals surface area (Å²) in [5.41, 5.74) is 0.963. The zero-order valence-electron chi connectivity index (χ0n) is 12.0. The van der Waals surface area contributed by atoms with Crippen LogP contribution >= 0.6 is 34.7 Å². The molecule has 118 valence electrons. The molecule has 1 aliphatic rings. The molecule has 0 amide bonds. The molecule has 2 aromatic heterocycles. The van der Waals surface area contributed by atoms with Gasteiger partial charge in [-0.2, -0.15) is 0 Å². The number of nitrogens with zero attached hydrogens (tertiary/aromatic N) is 3. The van der Waals surface area contributed by atoms with Gasteiger partial charge in [0, 0.05) is 16.6 Å². The van der Waals surface area contributed by atoms with Crippen LogP contribution in [0, 0.1) is 0 Å². The monoisotopic (exact) mass is 364 g/mol. The summed E-state index contributed by atoms with van der Waals surface area (Å²) in [7, 11) is 0. The van der Waals surface area contributed by atoms with E-state index in [0.29, 0.717) is 22.7 Å². The molecule has 2 heterocycles. The highest BCUT2D eigenvalue weighted by Gasteiger charge is 2.22. The van der Waals surface area contributed by atoms with Crippen LogP contribution in [0.25, 0.3) is 11.3 Å². The van der Waals surface area contributed by atoms with Crippen molar-refractivity contribution in [3.63, 3.8) is 0 Å². The van der Waals surface area contributed by atoms with Gasteiger partial charge in [0.05, 0.1) is 11.9 Å². The van der Waals surface area contributed by atoms with Crippen LogP contribution in [0.5, 0.6) is 0 Å². The lowest BCUT2D eigenvalue weighted by Crippen LogP contribution is -1.99. The molecule has 0 aliphatic heterocycles. The van der Waals surface area contributed by atoms with Crippen molar-refractivity contribution >= 4 is 39.8 Å². The Kier molecular flexibility index (Phi) is 4.24. The van der Waals surface area contributed by atoms with Crippen LogP contribution in [0.15, 0.2) is 39.2 Å². The zero-order valence-corrected chi connectivity index (χ0v) is 14.4. The Morgan fingerprint density at radius 2 is 2.09 bits per heavy atom. The Morgan fingerprint density at radius 3 is 2.87 bits per heavy atom. The SMILES string of the molecule is Clc1ccc(-c2cnc(CSc3nnc(NC4CC4)s3)o2)cc1. The van der Waals surface area contributed by atoms with E-state index in [1.165, 1.54) is 12.8 Å². The quantitative estimate of drug-likeness (QED) is 0.639. The van der Waals surface area contributed by atoms with Gasteiger partial charge in [-0.05, 0) is 37.1 Å². The van der Waals surface area contributed by atoms with Crippen LogP contribution in [-0.2, 0) is 5.75 Å². The molecule has 1 aliphatic carbocycles. The Labute approximate surface area is 146 Å². The molecule has 4 rings (SSSR count). The molecule has 1 aromatic carbocycles. The van der Waals surface area contributed by atoms with Gasteiger partial charge in [-0.3, -0.25) is 0 Å². The van der Waals surface area contributed by atoms with Crippen molar-refractivity contribution in [3.8, 4) is 11.3 Å². The molecular formula is C15H13ClN4OS2. The topological polar surface area (TPSA) is 63.8 Å². The van der Waals surface area contributed by atoms with Crippen molar-refractivity contribution in [2.24, 2.45) is 0 Å². The molecular weight excluding hydrogens is 352 g/mol. The van der Waals surface area contributed by atoms with Gasteiger partial charge in [-0.15, -0.1) is 10.2 Å². The fourth-order valence-corrected chi connectivity index (χ4v) is 3.79. The molecule has 0 unspecified atom stereocenters. The van der Waals surface area contributed by atoms with E-state index in [1.807, 2.05) is 24.3 Å². The van der Waals surface area contributed by atoms with Gasteiger partial charge in [-0.25, -0.2) is 4.98 Å². The smallest absolute Gasteiger partial charge is 0.206 e. The van der Waals surface area contributed by atoms with Crippen molar-refractivity contribution in [2.45, 2.75) is 29.0 Å². The van der Waals surface area contributed by atoms with E-state index in [-0.39, 0.29) is 0 Å². The summed E-state index contributed by atoms with van der Waals surface area (Å²) in [6, 6.07) is 8.10. The fraction of sp³-hybridized carbons (Fsp3) is 0.267. The molecule has 0 bridgehead atoms. The molecule has 1 saturated carbocycles. The maximum atomic E-state index is 5.89. The normalized spacial score (nSPS) is 14.1. The highest BCUT2D eigenvalue weighted by atomic mass is 35.5. The Hall–Kier alpha value is -1.57. The summed E-state index contributed by atoms with van der Waals surface area (Å²) in [4.78, 5) is 4.32. The van der Waals surface area contributed by atoms with E-state index in [9.17, 15) is 0 Å². The molecule has 0 radical (unpaired) electrons. The van der Waals surface area contributed by atoms with E-state index in [4.69, 9.17) is 16.0 Å². The third kappa shape index (κ3) is 3.85. The number of thioether (sulfide) groups is 1. The first-order valence-electron chi connectivity index (χ1n) is 7.20. The Bertz CT molecular complexity index is 798. The molecule has 3 aromatic rings. The van der Waals surface area contributed by atoms with Crippen molar-refractivity contribution in [2.75, 3.05) is 5.32 Å². The van der Waals surface area contributed by atoms with E-state index in [1.54, 1.807) is 29.3 Å². The average Bonchev–Trinajstić information content (AvgIpc) is 3.07. The first kappa shape index (κ1) is 15.0. The van der Waals surface area contributed by atoms with Crippen molar-refractivity contribution < 1.29 is 4.42 Å². The van der Waals surface area contributed by atoms with Gasteiger partial charge in [-0.1, -0.05) is 34.7 Å². The fourth-order valence-electron chi connectivity index (χ4n) is 1.98. The maximum Gasteiger partial charge on any atom is 0.206 e. The predicted molar refractivity (Wildman–Crippen MR) is 93.1 cm³/mol. The van der Waals surface area contributed by atoms with Gasteiger partial charge in [0.1, 0.15) is 0 Å². The number of nitrogens with one attached hydrogen (secondary N) is 1. The number of anilines is 1. The Morgan fingerprint density at radius 1 is 1.26 bits per heavy atom. The van der Waals surface area contributed by atoms with Gasteiger partial charge >= 0.3 is 0 Å². The minimum absolute atomic E-state index is 0.592. The molecule has 0 atom stereocenters. The largest absolute Gasteiger partial charge is 0.440 e. The lowest BCUT2D eigenvalue weighted by atomic mass is 10.2. The highest BCUT2D eigenvalue weighted by Crippen LogP contribution is 2.32. The minimum atomic E-state index is 0.592. The average molecular weight is 365 g/mol. The van der Waals surface area contributed by atoms with Gasteiger partial charge in [0.2, 0.25) is 11.0 Å². The first-order valence-corrected chi connectivity index (χ1v) is 9.38. The molecule has 5 nitrogen and oxygen atoms in total. The zero-order chi connectivity index (χ0) is 15.6. The molecule has 23 heavy (non-hydrogen) atoms. The maximum absolute atomic E-state index is 5.89. The summed E-state index contributed by atoms with van der Waals surface area (Å²) in [5, 5.41) is 13.3. The number of aromatic nitrogens is 3. The number of halogens is 1. The van der Waals surface area contributed by atoms with Crippen LogP contribution in [0.4, 0.5) is 5.13 Å². The molecule has 1 N–H and O–H groups in total. The second-order valence-electron chi connectivity index (χ2n) is 5.21. The van der Waals surface area contributed by atoms with E-state index in [0.717, 1.165) is 20.8 Å². The van der Waals surface area contributed by atoms with E-state index in [2.05, 4.69) is 20.5 Å². The summed E-state index contributed by atoms with van der Waals surface area (Å²) >= 11 is 9.04. The number of oxazole rings is 1. The number of rotatable bonds is 6. The molecule has 0 saturated heterocycles. The highest BCUT2D eigenvalue weighted by molar-refractivity contribution is 8.00. The van der Waals surface area contributed by atoms with Gasteiger partial charge in [0.15, 0.2) is 10.1 Å². The third-order valence-corrected chi connectivity index (χ3v) is 5.54.